The molecule has 0 aliphatic heterocycles. The number of nitrogens with zero attached hydrogens (tertiary/aromatic N) is 4. The van der Waals surface area contributed by atoms with Crippen molar-refractivity contribution in [2.75, 3.05) is 0 Å². The first-order chi connectivity index (χ1) is 26.8. The molecule has 9 aromatic rings. The first-order valence-corrected chi connectivity index (χ1v) is 18.1. The van der Waals surface area contributed by atoms with Crippen molar-refractivity contribution in [1.82, 2.24) is 19.9 Å². The van der Waals surface area contributed by atoms with E-state index in [4.69, 9.17) is 19.9 Å². The second kappa shape index (κ2) is 14.7. The van der Waals surface area contributed by atoms with Gasteiger partial charge in [0.25, 0.3) is 0 Å². The lowest BCUT2D eigenvalue weighted by Crippen LogP contribution is -2.01. The molecule has 4 heteroatoms. The second-order valence-electron chi connectivity index (χ2n) is 13.1. The van der Waals surface area contributed by atoms with Gasteiger partial charge in [-0.2, -0.15) is 0 Å². The van der Waals surface area contributed by atoms with Crippen LogP contribution in [-0.2, 0) is 0 Å². The minimum absolute atomic E-state index is 0.675. The van der Waals surface area contributed by atoms with E-state index >= 15 is 0 Å². The van der Waals surface area contributed by atoms with Crippen molar-refractivity contribution in [2.45, 2.75) is 0 Å². The van der Waals surface area contributed by atoms with Gasteiger partial charge in [-0.05, 0) is 29.3 Å². The zero-order chi connectivity index (χ0) is 36.1. The van der Waals surface area contributed by atoms with E-state index in [1.807, 2.05) is 91.0 Å². The zero-order valence-electron chi connectivity index (χ0n) is 29.4. The molecule has 0 bridgehead atoms. The van der Waals surface area contributed by atoms with Crippen LogP contribution in [0, 0.1) is 0 Å². The quantitative estimate of drug-likeness (QED) is 0.159. The van der Waals surface area contributed by atoms with E-state index in [-0.39, 0.29) is 0 Å². The summed E-state index contributed by atoms with van der Waals surface area (Å²) in [5.74, 6) is 0.675. The lowest BCUT2D eigenvalue weighted by atomic mass is 9.96. The van der Waals surface area contributed by atoms with Gasteiger partial charge in [-0.1, -0.05) is 188 Å². The van der Waals surface area contributed by atoms with Gasteiger partial charge in [-0.15, -0.1) is 0 Å². The molecule has 254 valence electrons. The highest BCUT2D eigenvalue weighted by Crippen LogP contribution is 2.38. The van der Waals surface area contributed by atoms with Crippen LogP contribution in [0.25, 0.3) is 90.1 Å². The molecule has 0 atom stereocenters. The van der Waals surface area contributed by atoms with E-state index in [9.17, 15) is 0 Å². The molecular formula is C50H34N4. The Hall–Kier alpha value is -7.30. The highest BCUT2D eigenvalue weighted by Gasteiger charge is 2.20. The Morgan fingerprint density at radius 1 is 0.204 bits per heavy atom. The third-order valence-electron chi connectivity index (χ3n) is 9.49. The van der Waals surface area contributed by atoms with Crippen molar-refractivity contribution < 1.29 is 0 Å². The molecule has 0 aliphatic rings. The van der Waals surface area contributed by atoms with Crippen molar-refractivity contribution in [2.24, 2.45) is 0 Å². The summed E-state index contributed by atoms with van der Waals surface area (Å²) in [6, 6.07) is 70.7. The van der Waals surface area contributed by atoms with Crippen LogP contribution in [0.15, 0.2) is 206 Å². The fourth-order valence-electron chi connectivity index (χ4n) is 6.80. The minimum atomic E-state index is 0.675. The molecule has 0 saturated heterocycles. The van der Waals surface area contributed by atoms with Crippen LogP contribution in [0.2, 0.25) is 0 Å². The fourth-order valence-corrected chi connectivity index (χ4v) is 6.80. The molecule has 0 spiro atoms. The van der Waals surface area contributed by atoms with Crippen LogP contribution in [-0.4, -0.2) is 19.9 Å². The molecular weight excluding hydrogens is 657 g/mol. The number of hydrogen-bond donors (Lipinski definition) is 0. The Bertz CT molecular complexity index is 2620. The van der Waals surface area contributed by atoms with Crippen LogP contribution in [0.5, 0.6) is 0 Å². The monoisotopic (exact) mass is 690 g/mol. The summed E-state index contributed by atoms with van der Waals surface area (Å²) in [5.41, 5.74) is 14.3. The Balaban J connectivity index is 1.18. The smallest absolute Gasteiger partial charge is 0.160 e. The molecule has 0 radical (unpaired) electrons. The molecule has 7 aromatic carbocycles. The molecule has 4 nitrogen and oxygen atoms in total. The van der Waals surface area contributed by atoms with Gasteiger partial charge in [0.2, 0.25) is 0 Å². The highest BCUT2D eigenvalue weighted by atomic mass is 14.9. The summed E-state index contributed by atoms with van der Waals surface area (Å²) in [7, 11) is 0. The van der Waals surface area contributed by atoms with Crippen LogP contribution >= 0.6 is 0 Å². The molecule has 0 amide bonds. The van der Waals surface area contributed by atoms with Crippen LogP contribution in [0.3, 0.4) is 0 Å². The van der Waals surface area contributed by atoms with E-state index in [0.29, 0.717) is 5.82 Å². The summed E-state index contributed by atoms with van der Waals surface area (Å²) in [4.78, 5) is 21.0. The maximum absolute atomic E-state index is 5.46. The SMILES string of the molecule is c1ccc(-c2cc(-c3ccccc3)nc(-c3cccc(-c4cccc(-c5nc(-c6ccccc6)c(-c6ccccc6)nc5-c5ccccc5)c4)c3)n2)cc1. The topological polar surface area (TPSA) is 51.6 Å². The summed E-state index contributed by atoms with van der Waals surface area (Å²) in [5, 5.41) is 0. The zero-order valence-corrected chi connectivity index (χ0v) is 29.4. The van der Waals surface area contributed by atoms with Gasteiger partial charge in [0.1, 0.15) is 0 Å². The maximum Gasteiger partial charge on any atom is 0.160 e. The summed E-state index contributed by atoms with van der Waals surface area (Å²) in [6.45, 7) is 0. The van der Waals surface area contributed by atoms with E-state index in [1.54, 1.807) is 0 Å². The molecule has 9 rings (SSSR count). The van der Waals surface area contributed by atoms with Crippen molar-refractivity contribution in [3.63, 3.8) is 0 Å². The molecule has 2 aromatic heterocycles. The van der Waals surface area contributed by atoms with Crippen molar-refractivity contribution in [1.29, 1.82) is 0 Å². The van der Waals surface area contributed by atoms with Crippen molar-refractivity contribution in [3.05, 3.63) is 206 Å². The first-order valence-electron chi connectivity index (χ1n) is 18.1. The second-order valence-corrected chi connectivity index (χ2v) is 13.1. The van der Waals surface area contributed by atoms with Gasteiger partial charge >= 0.3 is 0 Å². The lowest BCUT2D eigenvalue weighted by Gasteiger charge is -2.16. The van der Waals surface area contributed by atoms with E-state index in [1.165, 1.54) is 0 Å². The lowest BCUT2D eigenvalue weighted by molar-refractivity contribution is 1.18. The van der Waals surface area contributed by atoms with Crippen LogP contribution < -0.4 is 0 Å². The predicted molar refractivity (Wildman–Crippen MR) is 221 cm³/mol. The van der Waals surface area contributed by atoms with Gasteiger partial charge in [-0.25, -0.2) is 19.9 Å². The molecule has 0 fully saturated rings. The third-order valence-corrected chi connectivity index (χ3v) is 9.49. The van der Waals surface area contributed by atoms with Crippen molar-refractivity contribution >= 4 is 0 Å². The normalized spacial score (nSPS) is 11.0. The van der Waals surface area contributed by atoms with Gasteiger partial charge in [0.15, 0.2) is 5.82 Å². The summed E-state index contributed by atoms with van der Waals surface area (Å²) >= 11 is 0. The number of aromatic nitrogens is 4. The van der Waals surface area contributed by atoms with E-state index in [0.717, 1.165) is 84.2 Å². The summed E-state index contributed by atoms with van der Waals surface area (Å²) < 4.78 is 0. The van der Waals surface area contributed by atoms with Gasteiger partial charge in [0, 0.05) is 38.9 Å². The number of hydrogen-bond acceptors (Lipinski definition) is 4. The minimum Gasteiger partial charge on any atom is -0.243 e. The van der Waals surface area contributed by atoms with Crippen molar-refractivity contribution in [3.8, 4) is 90.1 Å². The van der Waals surface area contributed by atoms with Gasteiger partial charge < -0.3 is 0 Å². The molecule has 0 saturated carbocycles. The molecule has 0 aliphatic carbocycles. The Kier molecular flexibility index (Phi) is 8.90. The fraction of sp³-hybridized carbons (Fsp3) is 0. The first kappa shape index (κ1) is 32.6. The molecule has 2 heterocycles. The highest BCUT2D eigenvalue weighted by molar-refractivity contribution is 5.88. The van der Waals surface area contributed by atoms with Crippen LogP contribution in [0.4, 0.5) is 0 Å². The Morgan fingerprint density at radius 3 is 0.907 bits per heavy atom. The Labute approximate surface area is 315 Å². The van der Waals surface area contributed by atoms with Gasteiger partial charge in [0.05, 0.1) is 34.2 Å². The standard InChI is InChI=1S/C50H34N4/c1-6-18-35(19-7-1)44-34-45(36-20-8-2-9-21-36)52-50(51-44)43-31-17-29-41(33-43)40-28-16-30-42(32-40)49-48(39-26-14-5-15-27-39)53-46(37-22-10-3-11-23-37)47(54-49)38-24-12-4-13-25-38/h1-34H. The number of rotatable bonds is 8. The molecule has 54 heavy (non-hydrogen) atoms. The molecule has 0 N–H and O–H groups in total. The van der Waals surface area contributed by atoms with Gasteiger partial charge in [-0.3, -0.25) is 0 Å². The summed E-state index contributed by atoms with van der Waals surface area (Å²) in [6.07, 6.45) is 0. The Morgan fingerprint density at radius 2 is 0.500 bits per heavy atom. The predicted octanol–water partition coefficient (Wildman–Crippen LogP) is 12.6. The largest absolute Gasteiger partial charge is 0.243 e. The van der Waals surface area contributed by atoms with E-state index in [2.05, 4.69) is 115 Å². The average Bonchev–Trinajstić information content (AvgIpc) is 3.27. The maximum atomic E-state index is 5.46. The average molecular weight is 691 g/mol. The number of benzene rings is 7. The van der Waals surface area contributed by atoms with Crippen LogP contribution in [0.1, 0.15) is 0 Å². The van der Waals surface area contributed by atoms with E-state index < -0.39 is 0 Å². The third kappa shape index (κ3) is 6.72. The molecule has 0 unspecified atom stereocenters.